The molecule has 4 rings (SSSR count). The average Bonchev–Trinajstić information content (AvgIpc) is 2.94. The fraction of sp³-hybridized carbons (Fsp3) is 0. The summed E-state index contributed by atoms with van der Waals surface area (Å²) in [5.74, 6) is -2.12. The second kappa shape index (κ2) is 13.0. The van der Waals surface area contributed by atoms with Crippen LogP contribution in [0.25, 0.3) is 12.2 Å². The molecule has 0 aliphatic carbocycles. The molecule has 39 heavy (non-hydrogen) atoms. The number of carbonyl (C=O) groups is 3. The van der Waals surface area contributed by atoms with Gasteiger partial charge in [-0.3, -0.25) is 14.4 Å². The third-order valence-corrected chi connectivity index (χ3v) is 6.34. The van der Waals surface area contributed by atoms with E-state index in [1.54, 1.807) is 60.7 Å². The smallest absolute Gasteiger partial charge is 0.272 e. The number of hydrogen-bond acceptors (Lipinski definition) is 3. The predicted octanol–water partition coefficient (Wildman–Crippen LogP) is 7.55. The second-order valence-electron chi connectivity index (χ2n) is 8.30. The molecule has 2 N–H and O–H groups in total. The van der Waals surface area contributed by atoms with Crippen LogP contribution in [0.1, 0.15) is 31.8 Å². The summed E-state index contributed by atoms with van der Waals surface area (Å²) in [6.45, 7) is 0. The van der Waals surface area contributed by atoms with Crippen LogP contribution in [0.4, 0.5) is 10.1 Å². The largest absolute Gasteiger partial charge is 0.321 e. The Balaban J connectivity index is 1.53. The normalized spacial score (nSPS) is 11.3. The van der Waals surface area contributed by atoms with Gasteiger partial charge in [0, 0.05) is 26.9 Å². The zero-order valence-electron chi connectivity index (χ0n) is 20.3. The van der Waals surface area contributed by atoms with Crippen LogP contribution in [0.5, 0.6) is 0 Å². The van der Waals surface area contributed by atoms with E-state index >= 15 is 0 Å². The summed E-state index contributed by atoms with van der Waals surface area (Å²) in [5.41, 5.74) is 1.71. The van der Waals surface area contributed by atoms with Gasteiger partial charge in [-0.15, -0.1) is 0 Å². The lowest BCUT2D eigenvalue weighted by Crippen LogP contribution is -2.30. The molecule has 0 fully saturated rings. The van der Waals surface area contributed by atoms with Gasteiger partial charge in [0.2, 0.25) is 0 Å². The Morgan fingerprint density at radius 3 is 2.23 bits per heavy atom. The van der Waals surface area contributed by atoms with E-state index in [0.717, 1.165) is 10.0 Å². The molecule has 0 unspecified atom stereocenters. The van der Waals surface area contributed by atoms with Crippen molar-refractivity contribution in [3.8, 4) is 0 Å². The van der Waals surface area contributed by atoms with E-state index in [0.29, 0.717) is 16.8 Å². The van der Waals surface area contributed by atoms with E-state index < -0.39 is 17.6 Å². The predicted molar refractivity (Wildman–Crippen MR) is 156 cm³/mol. The Morgan fingerprint density at radius 2 is 1.54 bits per heavy atom. The van der Waals surface area contributed by atoms with Crippen molar-refractivity contribution < 1.29 is 18.8 Å². The number of anilines is 1. The van der Waals surface area contributed by atoms with Crippen molar-refractivity contribution in [2.45, 2.75) is 0 Å². The monoisotopic (exact) mass is 602 g/mol. The Morgan fingerprint density at radius 1 is 0.821 bits per heavy atom. The Hall–Kier alpha value is -4.33. The van der Waals surface area contributed by atoms with Crippen LogP contribution in [-0.2, 0) is 4.79 Å². The first-order valence-electron chi connectivity index (χ1n) is 11.7. The lowest BCUT2D eigenvalue weighted by Gasteiger charge is -2.12. The van der Waals surface area contributed by atoms with Crippen LogP contribution < -0.4 is 10.6 Å². The Bertz CT molecular complexity index is 1570. The maximum atomic E-state index is 14.5. The molecule has 194 valence electrons. The molecule has 0 saturated heterocycles. The minimum absolute atomic E-state index is 0.0455. The Labute approximate surface area is 238 Å². The van der Waals surface area contributed by atoms with Gasteiger partial charge in [0.05, 0.1) is 5.02 Å². The average molecular weight is 604 g/mol. The number of rotatable bonds is 8. The maximum absolute atomic E-state index is 14.5. The molecule has 0 spiro atoms. The molecule has 0 saturated carbocycles. The summed E-state index contributed by atoms with van der Waals surface area (Å²) >= 11 is 9.54. The topological polar surface area (TPSA) is 75.3 Å². The van der Waals surface area contributed by atoms with Crippen molar-refractivity contribution in [2.75, 3.05) is 5.32 Å². The van der Waals surface area contributed by atoms with Gasteiger partial charge in [-0.2, -0.15) is 0 Å². The van der Waals surface area contributed by atoms with Crippen molar-refractivity contribution in [1.82, 2.24) is 5.32 Å². The summed E-state index contributed by atoms with van der Waals surface area (Å²) in [4.78, 5) is 38.5. The van der Waals surface area contributed by atoms with Crippen molar-refractivity contribution in [3.05, 3.63) is 146 Å². The van der Waals surface area contributed by atoms with Gasteiger partial charge in [-0.25, -0.2) is 4.39 Å². The van der Waals surface area contributed by atoms with Crippen LogP contribution in [0.3, 0.4) is 0 Å². The molecule has 8 heteroatoms. The first-order chi connectivity index (χ1) is 18.8. The van der Waals surface area contributed by atoms with Crippen LogP contribution in [-0.4, -0.2) is 17.6 Å². The molecule has 4 aromatic rings. The van der Waals surface area contributed by atoms with E-state index in [1.807, 2.05) is 24.3 Å². The third kappa shape index (κ3) is 7.60. The first kappa shape index (κ1) is 27.7. The molecular weight excluding hydrogens is 583 g/mol. The number of benzene rings is 4. The zero-order chi connectivity index (χ0) is 27.8. The van der Waals surface area contributed by atoms with Gasteiger partial charge in [-0.05, 0) is 78.4 Å². The quantitative estimate of drug-likeness (QED) is 0.161. The van der Waals surface area contributed by atoms with E-state index in [1.165, 1.54) is 30.4 Å². The van der Waals surface area contributed by atoms with Crippen molar-refractivity contribution in [1.29, 1.82) is 0 Å². The first-order valence-corrected chi connectivity index (χ1v) is 12.9. The summed E-state index contributed by atoms with van der Waals surface area (Å²) in [7, 11) is 0. The standard InChI is InChI=1S/C31H21BrClFN2O3/c32-23-9-4-6-20(18-23)12-17-29(37)21-13-15-24(16-14-21)35-31(39)28(19-25-26(33)10-5-11-27(25)34)36-30(38)22-7-2-1-3-8-22/h1-19H,(H,35,39)(H,36,38)/b17-12+,28-19-. The van der Waals surface area contributed by atoms with E-state index in [9.17, 15) is 18.8 Å². The van der Waals surface area contributed by atoms with Crippen LogP contribution in [0.15, 0.2) is 113 Å². The lowest BCUT2D eigenvalue weighted by molar-refractivity contribution is -0.113. The molecular formula is C31H21BrClFN2O3. The molecule has 5 nitrogen and oxygen atoms in total. The van der Waals surface area contributed by atoms with Gasteiger partial charge in [0.15, 0.2) is 5.78 Å². The van der Waals surface area contributed by atoms with Gasteiger partial charge < -0.3 is 10.6 Å². The molecule has 4 aromatic carbocycles. The molecule has 0 bridgehead atoms. The highest BCUT2D eigenvalue weighted by molar-refractivity contribution is 9.10. The van der Waals surface area contributed by atoms with Gasteiger partial charge in [-0.1, -0.05) is 70.0 Å². The lowest BCUT2D eigenvalue weighted by atomic mass is 10.1. The van der Waals surface area contributed by atoms with Crippen molar-refractivity contribution in [2.24, 2.45) is 0 Å². The highest BCUT2D eigenvalue weighted by Gasteiger charge is 2.17. The number of amides is 2. The maximum Gasteiger partial charge on any atom is 0.272 e. The summed E-state index contributed by atoms with van der Waals surface area (Å²) in [6.07, 6.45) is 4.36. The van der Waals surface area contributed by atoms with Crippen LogP contribution in [0, 0.1) is 5.82 Å². The minimum Gasteiger partial charge on any atom is -0.321 e. The summed E-state index contributed by atoms with van der Waals surface area (Å²) in [6, 6.07) is 26.2. The van der Waals surface area contributed by atoms with E-state index in [-0.39, 0.29) is 22.1 Å². The summed E-state index contributed by atoms with van der Waals surface area (Å²) in [5, 5.41) is 5.28. The molecule has 0 aliphatic rings. The fourth-order valence-electron chi connectivity index (χ4n) is 3.53. The van der Waals surface area contributed by atoms with Crippen molar-refractivity contribution >= 4 is 63.0 Å². The number of allylic oxidation sites excluding steroid dienone is 1. The number of ketones is 1. The van der Waals surface area contributed by atoms with Gasteiger partial charge in [0.1, 0.15) is 11.5 Å². The number of carbonyl (C=O) groups excluding carboxylic acids is 3. The zero-order valence-corrected chi connectivity index (χ0v) is 22.7. The molecule has 0 atom stereocenters. The molecule has 0 aliphatic heterocycles. The number of nitrogens with one attached hydrogen (secondary N) is 2. The van der Waals surface area contributed by atoms with Gasteiger partial charge in [0.25, 0.3) is 11.8 Å². The van der Waals surface area contributed by atoms with Crippen LogP contribution in [0.2, 0.25) is 5.02 Å². The second-order valence-corrected chi connectivity index (χ2v) is 9.62. The highest BCUT2D eigenvalue weighted by Crippen LogP contribution is 2.22. The Kier molecular flexibility index (Phi) is 9.20. The highest BCUT2D eigenvalue weighted by atomic mass is 79.9. The van der Waals surface area contributed by atoms with E-state index in [2.05, 4.69) is 26.6 Å². The third-order valence-electron chi connectivity index (χ3n) is 5.52. The number of hydrogen-bond donors (Lipinski definition) is 2. The molecule has 0 radical (unpaired) electrons. The molecule has 2 amide bonds. The SMILES string of the molecule is O=C(Nc1ccc(C(=O)/C=C/c2cccc(Br)c2)cc1)/C(=C/c1c(F)cccc1Cl)NC(=O)c1ccccc1. The molecule has 0 heterocycles. The van der Waals surface area contributed by atoms with Crippen molar-refractivity contribution in [3.63, 3.8) is 0 Å². The number of halogens is 3. The van der Waals surface area contributed by atoms with E-state index in [4.69, 9.17) is 11.6 Å². The minimum atomic E-state index is -0.702. The summed E-state index contributed by atoms with van der Waals surface area (Å²) < 4.78 is 15.4. The van der Waals surface area contributed by atoms with Gasteiger partial charge >= 0.3 is 0 Å². The molecule has 0 aromatic heterocycles. The van der Waals surface area contributed by atoms with Crippen LogP contribution >= 0.6 is 27.5 Å². The fourth-order valence-corrected chi connectivity index (χ4v) is 4.16.